The molecule has 0 saturated heterocycles. The molecule has 2 aromatic rings. The van der Waals surface area contributed by atoms with Crippen molar-refractivity contribution < 1.29 is 14.3 Å². The molecule has 0 radical (unpaired) electrons. The topological polar surface area (TPSA) is 55.4 Å². The van der Waals surface area contributed by atoms with Gasteiger partial charge in [-0.1, -0.05) is 37.3 Å². The first-order chi connectivity index (χ1) is 10.6. The highest BCUT2D eigenvalue weighted by atomic mass is 32.1. The quantitative estimate of drug-likeness (QED) is 0.833. The highest BCUT2D eigenvalue weighted by Crippen LogP contribution is 2.22. The average molecular weight is 317 g/mol. The van der Waals surface area contributed by atoms with Crippen LogP contribution in [0.2, 0.25) is 0 Å². The maximum atomic E-state index is 11.9. The Morgan fingerprint density at radius 2 is 1.95 bits per heavy atom. The Balaban J connectivity index is 1.79. The van der Waals surface area contributed by atoms with Gasteiger partial charge >= 0.3 is 5.97 Å². The molecule has 1 N–H and O–H groups in total. The molecule has 0 aliphatic carbocycles. The van der Waals surface area contributed by atoms with Crippen LogP contribution in [0.15, 0.2) is 36.4 Å². The predicted molar refractivity (Wildman–Crippen MR) is 87.0 cm³/mol. The zero-order valence-corrected chi connectivity index (χ0v) is 13.5. The molecule has 1 amide bonds. The van der Waals surface area contributed by atoms with Gasteiger partial charge < -0.3 is 10.1 Å². The van der Waals surface area contributed by atoms with E-state index in [4.69, 9.17) is 4.74 Å². The minimum Gasteiger partial charge on any atom is -0.451 e. The van der Waals surface area contributed by atoms with Gasteiger partial charge in [-0.05, 0) is 30.5 Å². The van der Waals surface area contributed by atoms with Crippen LogP contribution >= 0.6 is 11.3 Å². The predicted octanol–water partition coefficient (Wildman–Crippen LogP) is 3.09. The van der Waals surface area contributed by atoms with E-state index in [0.717, 1.165) is 22.4 Å². The number of aryl methyl sites for hydroxylation is 2. The standard InChI is InChI=1S/C17H19NO3S/c1-3-14-9-15(22-12(14)2)17(20)21-11-16(19)18-10-13-7-5-4-6-8-13/h4-9H,3,10-11H2,1-2H3,(H,18,19). The number of ether oxygens (including phenoxy) is 1. The summed E-state index contributed by atoms with van der Waals surface area (Å²) in [6.07, 6.45) is 0.882. The number of hydrogen-bond donors (Lipinski definition) is 1. The Morgan fingerprint density at radius 1 is 1.23 bits per heavy atom. The molecule has 0 fully saturated rings. The molecule has 2 rings (SSSR count). The number of benzene rings is 1. The largest absolute Gasteiger partial charge is 0.451 e. The van der Waals surface area contributed by atoms with Gasteiger partial charge in [-0.2, -0.15) is 0 Å². The number of amides is 1. The minimum absolute atomic E-state index is 0.260. The molecule has 5 heteroatoms. The van der Waals surface area contributed by atoms with Crippen molar-refractivity contribution in [2.45, 2.75) is 26.8 Å². The molecule has 0 aliphatic rings. The Hall–Kier alpha value is -2.14. The average Bonchev–Trinajstić information content (AvgIpc) is 2.92. The molecule has 1 aromatic heterocycles. The summed E-state index contributed by atoms with van der Waals surface area (Å²) in [5.74, 6) is -0.746. The van der Waals surface area contributed by atoms with E-state index in [1.807, 2.05) is 50.2 Å². The maximum Gasteiger partial charge on any atom is 0.348 e. The molecule has 116 valence electrons. The fraction of sp³-hybridized carbons (Fsp3) is 0.294. The number of thiophene rings is 1. The van der Waals surface area contributed by atoms with Gasteiger partial charge in [0.2, 0.25) is 0 Å². The number of hydrogen-bond acceptors (Lipinski definition) is 4. The molecule has 0 unspecified atom stereocenters. The summed E-state index contributed by atoms with van der Waals surface area (Å²) in [5, 5.41) is 2.72. The smallest absolute Gasteiger partial charge is 0.348 e. The summed E-state index contributed by atoms with van der Waals surface area (Å²) in [7, 11) is 0. The Labute approximate surface area is 134 Å². The lowest BCUT2D eigenvalue weighted by molar-refractivity contribution is -0.124. The second-order valence-corrected chi connectivity index (χ2v) is 6.14. The van der Waals surface area contributed by atoms with Crippen molar-refractivity contribution in [2.24, 2.45) is 0 Å². The Kier molecular flexibility index (Phi) is 5.72. The monoisotopic (exact) mass is 317 g/mol. The van der Waals surface area contributed by atoms with Crippen LogP contribution in [0.3, 0.4) is 0 Å². The second kappa shape index (κ2) is 7.75. The molecule has 0 aliphatic heterocycles. The number of carbonyl (C=O) groups is 2. The molecular weight excluding hydrogens is 298 g/mol. The van der Waals surface area contributed by atoms with Gasteiger partial charge in [-0.15, -0.1) is 11.3 Å². The summed E-state index contributed by atoms with van der Waals surface area (Å²) in [6, 6.07) is 11.4. The summed E-state index contributed by atoms with van der Waals surface area (Å²) in [6.45, 7) is 4.19. The lowest BCUT2D eigenvalue weighted by atomic mass is 10.2. The van der Waals surface area contributed by atoms with Crippen LogP contribution in [-0.4, -0.2) is 18.5 Å². The van der Waals surface area contributed by atoms with Crippen LogP contribution in [0.25, 0.3) is 0 Å². The minimum atomic E-state index is -0.442. The third-order valence-corrected chi connectivity index (χ3v) is 4.34. The SMILES string of the molecule is CCc1cc(C(=O)OCC(=O)NCc2ccccc2)sc1C. The van der Waals surface area contributed by atoms with Crippen molar-refractivity contribution in [3.05, 3.63) is 57.3 Å². The van der Waals surface area contributed by atoms with E-state index in [2.05, 4.69) is 5.32 Å². The number of nitrogens with one attached hydrogen (secondary N) is 1. The number of rotatable bonds is 6. The van der Waals surface area contributed by atoms with Gasteiger partial charge in [0.15, 0.2) is 6.61 Å². The third-order valence-electron chi connectivity index (χ3n) is 3.27. The van der Waals surface area contributed by atoms with Gasteiger partial charge in [-0.3, -0.25) is 4.79 Å². The Morgan fingerprint density at radius 3 is 2.59 bits per heavy atom. The van der Waals surface area contributed by atoms with Crippen LogP contribution in [0, 0.1) is 6.92 Å². The van der Waals surface area contributed by atoms with Crippen LogP contribution in [0.5, 0.6) is 0 Å². The molecule has 22 heavy (non-hydrogen) atoms. The van der Waals surface area contributed by atoms with E-state index in [1.165, 1.54) is 11.3 Å². The van der Waals surface area contributed by atoms with Gasteiger partial charge in [0.1, 0.15) is 4.88 Å². The fourth-order valence-electron chi connectivity index (χ4n) is 2.02. The highest BCUT2D eigenvalue weighted by Gasteiger charge is 2.14. The summed E-state index contributed by atoms with van der Waals surface area (Å²) in [4.78, 5) is 25.3. The van der Waals surface area contributed by atoms with E-state index in [-0.39, 0.29) is 12.5 Å². The van der Waals surface area contributed by atoms with Crippen molar-refractivity contribution in [2.75, 3.05) is 6.61 Å². The van der Waals surface area contributed by atoms with Crippen molar-refractivity contribution in [1.29, 1.82) is 0 Å². The van der Waals surface area contributed by atoms with Crippen molar-refractivity contribution in [1.82, 2.24) is 5.32 Å². The second-order valence-electron chi connectivity index (χ2n) is 4.88. The first-order valence-electron chi connectivity index (χ1n) is 7.17. The molecule has 4 nitrogen and oxygen atoms in total. The third kappa shape index (κ3) is 4.43. The molecule has 0 spiro atoms. The van der Waals surface area contributed by atoms with Crippen molar-refractivity contribution in [3.63, 3.8) is 0 Å². The molecule has 0 atom stereocenters. The zero-order chi connectivity index (χ0) is 15.9. The molecule has 1 heterocycles. The molecule has 0 bridgehead atoms. The lowest BCUT2D eigenvalue weighted by Gasteiger charge is -2.06. The lowest BCUT2D eigenvalue weighted by Crippen LogP contribution is -2.28. The Bertz CT molecular complexity index is 649. The number of carbonyl (C=O) groups excluding carboxylic acids is 2. The van der Waals surface area contributed by atoms with Crippen LogP contribution < -0.4 is 5.32 Å². The highest BCUT2D eigenvalue weighted by molar-refractivity contribution is 7.14. The summed E-state index contributed by atoms with van der Waals surface area (Å²) in [5.41, 5.74) is 2.15. The molecule has 1 aromatic carbocycles. The fourth-order valence-corrected chi connectivity index (χ4v) is 3.03. The summed E-state index contributed by atoms with van der Waals surface area (Å²) < 4.78 is 5.05. The van der Waals surface area contributed by atoms with Gasteiger partial charge in [0.25, 0.3) is 5.91 Å². The molecular formula is C17H19NO3S. The van der Waals surface area contributed by atoms with Crippen LogP contribution in [0.1, 0.15) is 32.6 Å². The van der Waals surface area contributed by atoms with E-state index >= 15 is 0 Å². The van der Waals surface area contributed by atoms with Gasteiger partial charge in [0, 0.05) is 11.4 Å². The summed E-state index contributed by atoms with van der Waals surface area (Å²) >= 11 is 1.40. The van der Waals surface area contributed by atoms with E-state index in [1.54, 1.807) is 0 Å². The first kappa shape index (κ1) is 16.2. The van der Waals surface area contributed by atoms with E-state index in [9.17, 15) is 9.59 Å². The van der Waals surface area contributed by atoms with Crippen LogP contribution in [0.4, 0.5) is 0 Å². The normalized spacial score (nSPS) is 10.3. The van der Waals surface area contributed by atoms with Crippen LogP contribution in [-0.2, 0) is 22.5 Å². The molecule has 0 saturated carbocycles. The van der Waals surface area contributed by atoms with Crippen molar-refractivity contribution >= 4 is 23.2 Å². The zero-order valence-electron chi connectivity index (χ0n) is 12.7. The first-order valence-corrected chi connectivity index (χ1v) is 7.99. The maximum absolute atomic E-state index is 11.9. The van der Waals surface area contributed by atoms with E-state index in [0.29, 0.717) is 11.4 Å². The van der Waals surface area contributed by atoms with Crippen molar-refractivity contribution in [3.8, 4) is 0 Å². The van der Waals surface area contributed by atoms with Gasteiger partial charge in [0.05, 0.1) is 0 Å². The van der Waals surface area contributed by atoms with Gasteiger partial charge in [-0.25, -0.2) is 4.79 Å². The van der Waals surface area contributed by atoms with E-state index < -0.39 is 5.97 Å². The number of esters is 1.